The molecule has 3 rings (SSSR count). The summed E-state index contributed by atoms with van der Waals surface area (Å²) in [6.45, 7) is 5.38. The van der Waals surface area contributed by atoms with E-state index in [1.807, 2.05) is 4.90 Å². The average molecular weight is 308 g/mol. The van der Waals surface area contributed by atoms with Crippen molar-refractivity contribution >= 4 is 17.5 Å². The topological polar surface area (TPSA) is 36.4 Å². The Labute approximate surface area is 131 Å². The van der Waals surface area contributed by atoms with Crippen molar-refractivity contribution in [2.24, 2.45) is 5.92 Å². The summed E-state index contributed by atoms with van der Waals surface area (Å²) in [6, 6.07) is 3.52. The summed E-state index contributed by atoms with van der Waals surface area (Å²) in [6.07, 6.45) is 6.50. The molecule has 1 aromatic rings. The van der Waals surface area contributed by atoms with Crippen molar-refractivity contribution < 1.29 is 4.79 Å². The third-order valence-electron chi connectivity index (χ3n) is 4.61. The molecule has 114 valence electrons. The van der Waals surface area contributed by atoms with Crippen molar-refractivity contribution in [3.8, 4) is 0 Å². The number of aromatic nitrogens is 1. The lowest BCUT2D eigenvalue weighted by molar-refractivity contribution is 0.0672. The molecule has 0 unspecified atom stereocenters. The molecular weight excluding hydrogens is 286 g/mol. The van der Waals surface area contributed by atoms with Gasteiger partial charge in [-0.25, -0.2) is 4.98 Å². The number of halogens is 1. The van der Waals surface area contributed by atoms with Crippen molar-refractivity contribution in [2.45, 2.75) is 25.7 Å². The van der Waals surface area contributed by atoms with Crippen LogP contribution in [0.1, 0.15) is 36.0 Å². The number of amides is 1. The third kappa shape index (κ3) is 3.55. The minimum absolute atomic E-state index is 0.0210. The third-order valence-corrected chi connectivity index (χ3v) is 4.91. The van der Waals surface area contributed by atoms with Gasteiger partial charge in [0.05, 0.1) is 5.56 Å². The zero-order chi connectivity index (χ0) is 14.7. The number of piperidine rings is 1. The first-order chi connectivity index (χ1) is 10.2. The monoisotopic (exact) mass is 307 g/mol. The molecule has 1 amide bonds. The van der Waals surface area contributed by atoms with Gasteiger partial charge < -0.3 is 9.80 Å². The Balaban J connectivity index is 1.53. The normalized spacial score (nSPS) is 20.9. The number of nitrogens with zero attached hydrogens (tertiary/aromatic N) is 3. The van der Waals surface area contributed by atoms with Gasteiger partial charge in [-0.2, -0.15) is 0 Å². The molecule has 1 aromatic heterocycles. The smallest absolute Gasteiger partial charge is 0.256 e. The fraction of sp³-hybridized carbons (Fsp3) is 0.625. The van der Waals surface area contributed by atoms with E-state index in [2.05, 4.69) is 9.88 Å². The van der Waals surface area contributed by atoms with Crippen LogP contribution in [0.5, 0.6) is 0 Å². The van der Waals surface area contributed by atoms with Crippen molar-refractivity contribution in [2.75, 3.05) is 32.7 Å². The molecule has 0 radical (unpaired) electrons. The molecular formula is C16H22ClN3O. The van der Waals surface area contributed by atoms with Gasteiger partial charge >= 0.3 is 0 Å². The number of carbonyl (C=O) groups is 1. The maximum atomic E-state index is 12.5. The molecule has 0 spiro atoms. The second-order valence-corrected chi connectivity index (χ2v) is 6.44. The molecule has 2 fully saturated rings. The van der Waals surface area contributed by atoms with Crippen LogP contribution >= 0.6 is 11.6 Å². The quantitative estimate of drug-likeness (QED) is 0.806. The first-order valence-electron chi connectivity index (χ1n) is 7.86. The molecule has 2 saturated heterocycles. The summed E-state index contributed by atoms with van der Waals surface area (Å²) in [5.41, 5.74) is 0.525. The second kappa shape index (κ2) is 6.75. The lowest BCUT2D eigenvalue weighted by Gasteiger charge is -2.34. The van der Waals surface area contributed by atoms with Crippen LogP contribution in [0, 0.1) is 5.92 Å². The van der Waals surface area contributed by atoms with E-state index in [0.29, 0.717) is 10.7 Å². The van der Waals surface area contributed by atoms with Gasteiger partial charge in [0, 0.05) is 25.8 Å². The van der Waals surface area contributed by atoms with Gasteiger partial charge in [0.2, 0.25) is 0 Å². The lowest BCUT2D eigenvalue weighted by atomic mass is 9.96. The Morgan fingerprint density at radius 2 is 1.95 bits per heavy atom. The number of carbonyl (C=O) groups excluding carboxylic acids is 1. The fourth-order valence-electron chi connectivity index (χ4n) is 3.36. The van der Waals surface area contributed by atoms with Crippen LogP contribution < -0.4 is 0 Å². The number of hydrogen-bond donors (Lipinski definition) is 0. The highest BCUT2D eigenvalue weighted by molar-refractivity contribution is 6.32. The van der Waals surface area contributed by atoms with Gasteiger partial charge in [-0.3, -0.25) is 4.79 Å². The lowest BCUT2D eigenvalue weighted by Crippen LogP contribution is -2.41. The maximum absolute atomic E-state index is 12.5. The van der Waals surface area contributed by atoms with E-state index in [9.17, 15) is 4.79 Å². The van der Waals surface area contributed by atoms with Gasteiger partial charge in [0.15, 0.2) is 0 Å². The van der Waals surface area contributed by atoms with Crippen molar-refractivity contribution in [1.82, 2.24) is 14.8 Å². The summed E-state index contributed by atoms with van der Waals surface area (Å²) in [5, 5.41) is 0.307. The summed E-state index contributed by atoms with van der Waals surface area (Å²) in [4.78, 5) is 20.9. The summed E-state index contributed by atoms with van der Waals surface area (Å²) in [5.74, 6) is 0.754. The highest BCUT2D eigenvalue weighted by atomic mass is 35.5. The first kappa shape index (κ1) is 14.8. The van der Waals surface area contributed by atoms with Crippen LogP contribution in [-0.4, -0.2) is 53.4 Å². The number of rotatable bonds is 3. The van der Waals surface area contributed by atoms with E-state index >= 15 is 0 Å². The fourth-order valence-corrected chi connectivity index (χ4v) is 3.57. The molecule has 2 aliphatic heterocycles. The standard InChI is InChI=1S/C16H22ClN3O/c17-15-14(4-3-7-18-15)16(21)20-10-5-13(6-11-20)12-19-8-1-2-9-19/h3-4,7,13H,1-2,5-6,8-12H2. The Hall–Kier alpha value is -1.13. The Morgan fingerprint density at radius 3 is 2.62 bits per heavy atom. The summed E-state index contributed by atoms with van der Waals surface area (Å²) >= 11 is 6.02. The Kier molecular flexibility index (Phi) is 4.76. The van der Waals surface area contributed by atoms with E-state index < -0.39 is 0 Å². The van der Waals surface area contributed by atoms with Crippen molar-refractivity contribution in [3.05, 3.63) is 29.0 Å². The van der Waals surface area contributed by atoms with E-state index in [-0.39, 0.29) is 5.91 Å². The SMILES string of the molecule is O=C(c1cccnc1Cl)N1CCC(CN2CCCC2)CC1. The van der Waals surface area contributed by atoms with Crippen LogP contribution in [-0.2, 0) is 0 Å². The summed E-state index contributed by atoms with van der Waals surface area (Å²) in [7, 11) is 0. The van der Waals surface area contributed by atoms with Crippen molar-refractivity contribution in [3.63, 3.8) is 0 Å². The zero-order valence-electron chi connectivity index (χ0n) is 12.3. The van der Waals surface area contributed by atoms with Crippen LogP contribution in [0.3, 0.4) is 0 Å². The highest BCUT2D eigenvalue weighted by Crippen LogP contribution is 2.23. The maximum Gasteiger partial charge on any atom is 0.256 e. The van der Waals surface area contributed by atoms with Crippen LogP contribution in [0.4, 0.5) is 0 Å². The van der Waals surface area contributed by atoms with Gasteiger partial charge in [-0.1, -0.05) is 11.6 Å². The Bertz CT molecular complexity index is 494. The zero-order valence-corrected chi connectivity index (χ0v) is 13.1. The largest absolute Gasteiger partial charge is 0.339 e. The molecule has 0 saturated carbocycles. The predicted octanol–water partition coefficient (Wildman–Crippen LogP) is 2.68. The number of pyridine rings is 1. The molecule has 0 atom stereocenters. The van der Waals surface area contributed by atoms with Crippen LogP contribution in [0.2, 0.25) is 5.15 Å². The van der Waals surface area contributed by atoms with E-state index in [0.717, 1.165) is 31.8 Å². The van der Waals surface area contributed by atoms with Gasteiger partial charge in [-0.15, -0.1) is 0 Å². The van der Waals surface area contributed by atoms with Crippen LogP contribution in [0.15, 0.2) is 18.3 Å². The number of likely N-dealkylation sites (tertiary alicyclic amines) is 2. The van der Waals surface area contributed by atoms with Crippen LogP contribution in [0.25, 0.3) is 0 Å². The molecule has 0 N–H and O–H groups in total. The van der Waals surface area contributed by atoms with E-state index in [1.54, 1.807) is 18.3 Å². The second-order valence-electron chi connectivity index (χ2n) is 6.09. The minimum atomic E-state index is 0.0210. The van der Waals surface area contributed by atoms with E-state index in [4.69, 9.17) is 11.6 Å². The highest BCUT2D eigenvalue weighted by Gasteiger charge is 2.26. The molecule has 21 heavy (non-hydrogen) atoms. The molecule has 0 aliphatic carbocycles. The summed E-state index contributed by atoms with van der Waals surface area (Å²) < 4.78 is 0. The van der Waals surface area contributed by atoms with Gasteiger partial charge in [-0.05, 0) is 56.8 Å². The van der Waals surface area contributed by atoms with Crippen molar-refractivity contribution in [1.29, 1.82) is 0 Å². The predicted molar refractivity (Wildman–Crippen MR) is 83.5 cm³/mol. The first-order valence-corrected chi connectivity index (χ1v) is 8.24. The van der Waals surface area contributed by atoms with Gasteiger partial charge in [0.25, 0.3) is 5.91 Å². The molecule has 0 bridgehead atoms. The molecule has 2 aliphatic rings. The Morgan fingerprint density at radius 1 is 1.24 bits per heavy atom. The molecule has 3 heterocycles. The molecule has 4 nitrogen and oxygen atoms in total. The molecule has 5 heteroatoms. The average Bonchev–Trinajstić information content (AvgIpc) is 3.01. The number of hydrogen-bond acceptors (Lipinski definition) is 3. The van der Waals surface area contributed by atoms with Gasteiger partial charge in [0.1, 0.15) is 5.15 Å². The van der Waals surface area contributed by atoms with E-state index in [1.165, 1.54) is 32.5 Å². The minimum Gasteiger partial charge on any atom is -0.339 e. The molecule has 0 aromatic carbocycles.